The van der Waals surface area contributed by atoms with Gasteiger partial charge in [-0.1, -0.05) is 0 Å². The zero-order chi connectivity index (χ0) is 14.9. The van der Waals surface area contributed by atoms with Crippen LogP contribution in [0.5, 0.6) is 0 Å². The Kier molecular flexibility index (Phi) is 3.90. The molecular formula is C17H26N4O. The molecular weight excluding hydrogens is 276 g/mol. The first-order valence-electron chi connectivity index (χ1n) is 8.89. The van der Waals surface area contributed by atoms with E-state index in [1.54, 1.807) is 0 Å². The molecule has 1 aromatic heterocycles. The number of aromatic amines is 1. The minimum atomic E-state index is 0.156. The fourth-order valence-corrected chi connectivity index (χ4v) is 4.54. The summed E-state index contributed by atoms with van der Waals surface area (Å²) in [4.78, 5) is 14.8. The molecule has 2 aliphatic heterocycles. The van der Waals surface area contributed by atoms with Crippen LogP contribution < -0.4 is 5.32 Å². The van der Waals surface area contributed by atoms with Gasteiger partial charge < -0.3 is 10.2 Å². The third-order valence-electron chi connectivity index (χ3n) is 5.89. The second kappa shape index (κ2) is 6.03. The standard InChI is InChI=1S/C17H26N4O/c22-17(16-14-2-1-3-15(14)19-20-16)21-10-6-13(7-11-21)12-4-8-18-9-5-12/h12-13,18H,1-11H2,(H,19,20). The first-order valence-corrected chi connectivity index (χ1v) is 8.89. The summed E-state index contributed by atoms with van der Waals surface area (Å²) in [6.45, 7) is 4.16. The van der Waals surface area contributed by atoms with Crippen molar-refractivity contribution in [3.63, 3.8) is 0 Å². The molecule has 4 rings (SSSR count). The molecule has 1 aliphatic carbocycles. The van der Waals surface area contributed by atoms with Crippen LogP contribution in [0.25, 0.3) is 0 Å². The van der Waals surface area contributed by atoms with Crippen LogP contribution in [0, 0.1) is 11.8 Å². The highest BCUT2D eigenvalue weighted by molar-refractivity contribution is 5.94. The Morgan fingerprint density at radius 2 is 1.77 bits per heavy atom. The van der Waals surface area contributed by atoms with Gasteiger partial charge in [-0.3, -0.25) is 9.89 Å². The number of likely N-dealkylation sites (tertiary alicyclic amines) is 1. The number of nitrogens with one attached hydrogen (secondary N) is 2. The molecule has 22 heavy (non-hydrogen) atoms. The summed E-state index contributed by atoms with van der Waals surface area (Å²) in [5, 5.41) is 10.8. The van der Waals surface area contributed by atoms with Crippen molar-refractivity contribution in [3.8, 4) is 0 Å². The van der Waals surface area contributed by atoms with Crippen molar-refractivity contribution in [3.05, 3.63) is 17.0 Å². The van der Waals surface area contributed by atoms with Gasteiger partial charge in [0.1, 0.15) is 0 Å². The van der Waals surface area contributed by atoms with Crippen LogP contribution >= 0.6 is 0 Å². The first-order chi connectivity index (χ1) is 10.8. The minimum absolute atomic E-state index is 0.156. The number of rotatable bonds is 2. The Morgan fingerprint density at radius 1 is 1.05 bits per heavy atom. The van der Waals surface area contributed by atoms with Gasteiger partial charge in [0.05, 0.1) is 0 Å². The van der Waals surface area contributed by atoms with Crippen LogP contribution in [0.3, 0.4) is 0 Å². The maximum absolute atomic E-state index is 12.7. The molecule has 2 N–H and O–H groups in total. The van der Waals surface area contributed by atoms with Crippen LogP contribution in [0.2, 0.25) is 0 Å². The number of carbonyl (C=O) groups is 1. The molecule has 1 amide bonds. The lowest BCUT2D eigenvalue weighted by Gasteiger charge is -2.37. The Bertz CT molecular complexity index is 539. The second-order valence-electron chi connectivity index (χ2n) is 7.10. The van der Waals surface area contributed by atoms with E-state index in [9.17, 15) is 4.79 Å². The normalized spacial score (nSPS) is 23.7. The summed E-state index contributed by atoms with van der Waals surface area (Å²) in [6, 6.07) is 0. The highest BCUT2D eigenvalue weighted by Gasteiger charge is 2.32. The van der Waals surface area contributed by atoms with E-state index in [0.29, 0.717) is 5.69 Å². The van der Waals surface area contributed by atoms with Crippen molar-refractivity contribution in [1.29, 1.82) is 0 Å². The fraction of sp³-hybridized carbons (Fsp3) is 0.765. The lowest BCUT2D eigenvalue weighted by atomic mass is 9.79. The van der Waals surface area contributed by atoms with Crippen LogP contribution in [0.1, 0.15) is 53.8 Å². The van der Waals surface area contributed by atoms with Crippen molar-refractivity contribution in [2.75, 3.05) is 26.2 Å². The molecule has 0 spiro atoms. The molecule has 5 nitrogen and oxygen atoms in total. The summed E-state index contributed by atoms with van der Waals surface area (Å²) in [5.41, 5.74) is 3.08. The molecule has 0 radical (unpaired) electrons. The number of H-pyrrole nitrogens is 1. The van der Waals surface area contributed by atoms with E-state index < -0.39 is 0 Å². The first kappa shape index (κ1) is 14.2. The van der Waals surface area contributed by atoms with E-state index in [-0.39, 0.29) is 5.91 Å². The smallest absolute Gasteiger partial charge is 0.274 e. The van der Waals surface area contributed by atoms with Gasteiger partial charge in [-0.25, -0.2) is 0 Å². The predicted molar refractivity (Wildman–Crippen MR) is 84.8 cm³/mol. The van der Waals surface area contributed by atoms with Crippen molar-refractivity contribution < 1.29 is 4.79 Å². The van der Waals surface area contributed by atoms with Gasteiger partial charge in [0.2, 0.25) is 0 Å². The van der Waals surface area contributed by atoms with Crippen molar-refractivity contribution in [1.82, 2.24) is 20.4 Å². The molecule has 1 aromatic rings. The molecule has 0 unspecified atom stereocenters. The summed E-state index contributed by atoms with van der Waals surface area (Å²) in [6.07, 6.45) is 8.18. The quantitative estimate of drug-likeness (QED) is 0.875. The van der Waals surface area contributed by atoms with E-state index in [1.165, 1.54) is 50.0 Å². The molecule has 3 heterocycles. The van der Waals surface area contributed by atoms with Gasteiger partial charge in [0.25, 0.3) is 5.91 Å². The molecule has 120 valence electrons. The average molecular weight is 302 g/mol. The number of aromatic nitrogens is 2. The van der Waals surface area contributed by atoms with Crippen molar-refractivity contribution in [2.45, 2.75) is 44.9 Å². The highest BCUT2D eigenvalue weighted by atomic mass is 16.2. The maximum Gasteiger partial charge on any atom is 0.274 e. The summed E-state index contributed by atoms with van der Waals surface area (Å²) < 4.78 is 0. The molecule has 0 bridgehead atoms. The Hall–Kier alpha value is -1.36. The summed E-state index contributed by atoms with van der Waals surface area (Å²) >= 11 is 0. The van der Waals surface area contributed by atoms with Gasteiger partial charge in [0, 0.05) is 24.3 Å². The number of carbonyl (C=O) groups excluding carboxylic acids is 1. The van der Waals surface area contributed by atoms with Crippen LogP contribution in [-0.2, 0) is 12.8 Å². The number of nitrogens with zero attached hydrogens (tertiary/aromatic N) is 2. The van der Waals surface area contributed by atoms with Gasteiger partial charge in [-0.05, 0) is 69.9 Å². The van der Waals surface area contributed by atoms with Crippen LogP contribution in [0.4, 0.5) is 0 Å². The topological polar surface area (TPSA) is 61.0 Å². The number of hydrogen-bond acceptors (Lipinski definition) is 3. The fourth-order valence-electron chi connectivity index (χ4n) is 4.54. The van der Waals surface area contributed by atoms with Crippen molar-refractivity contribution >= 4 is 5.91 Å². The molecule has 0 atom stereocenters. The molecule has 0 saturated carbocycles. The Balaban J connectivity index is 1.37. The van der Waals surface area contributed by atoms with E-state index in [2.05, 4.69) is 15.5 Å². The SMILES string of the molecule is O=C(c1n[nH]c2c1CCC2)N1CCC(C2CCNCC2)CC1. The van der Waals surface area contributed by atoms with Gasteiger partial charge in [0.15, 0.2) is 5.69 Å². The van der Waals surface area contributed by atoms with E-state index >= 15 is 0 Å². The monoisotopic (exact) mass is 302 g/mol. The van der Waals surface area contributed by atoms with E-state index in [4.69, 9.17) is 0 Å². The molecule has 2 fully saturated rings. The molecule has 5 heteroatoms. The Labute approximate surface area is 131 Å². The third kappa shape index (κ3) is 2.56. The third-order valence-corrected chi connectivity index (χ3v) is 5.89. The summed E-state index contributed by atoms with van der Waals surface area (Å²) in [7, 11) is 0. The Morgan fingerprint density at radius 3 is 2.55 bits per heavy atom. The minimum Gasteiger partial charge on any atom is -0.337 e. The molecule has 2 saturated heterocycles. The zero-order valence-electron chi connectivity index (χ0n) is 13.2. The number of amides is 1. The number of hydrogen-bond donors (Lipinski definition) is 2. The molecule has 0 aromatic carbocycles. The average Bonchev–Trinajstić information content (AvgIpc) is 3.18. The number of piperidine rings is 2. The molecule has 3 aliphatic rings. The zero-order valence-corrected chi connectivity index (χ0v) is 13.2. The second-order valence-corrected chi connectivity index (χ2v) is 7.10. The summed E-state index contributed by atoms with van der Waals surface area (Å²) in [5.74, 6) is 1.84. The van der Waals surface area contributed by atoms with Gasteiger partial charge in [-0.2, -0.15) is 5.10 Å². The number of fused-ring (bicyclic) bond motifs is 1. The van der Waals surface area contributed by atoms with Gasteiger partial charge >= 0.3 is 0 Å². The van der Waals surface area contributed by atoms with Crippen molar-refractivity contribution in [2.24, 2.45) is 11.8 Å². The maximum atomic E-state index is 12.7. The lowest BCUT2D eigenvalue weighted by Crippen LogP contribution is -2.42. The van der Waals surface area contributed by atoms with Gasteiger partial charge in [-0.15, -0.1) is 0 Å². The highest BCUT2D eigenvalue weighted by Crippen LogP contribution is 2.32. The van der Waals surface area contributed by atoms with E-state index in [1.807, 2.05) is 4.90 Å². The largest absolute Gasteiger partial charge is 0.337 e. The van der Waals surface area contributed by atoms with E-state index in [0.717, 1.165) is 44.2 Å². The van der Waals surface area contributed by atoms with Crippen LogP contribution in [0.15, 0.2) is 0 Å². The lowest BCUT2D eigenvalue weighted by molar-refractivity contribution is 0.0635. The number of aryl methyl sites for hydroxylation is 1. The predicted octanol–water partition coefficient (Wildman–Crippen LogP) is 1.75. The van der Waals surface area contributed by atoms with Crippen LogP contribution in [-0.4, -0.2) is 47.2 Å².